The van der Waals surface area contributed by atoms with Gasteiger partial charge < -0.3 is 10.8 Å². The highest BCUT2D eigenvalue weighted by molar-refractivity contribution is 5.86. The van der Waals surface area contributed by atoms with E-state index >= 15 is 0 Å². The quantitative estimate of drug-likeness (QED) is 0.536. The van der Waals surface area contributed by atoms with Gasteiger partial charge in [0, 0.05) is 17.3 Å². The van der Waals surface area contributed by atoms with E-state index in [1.807, 2.05) is 0 Å². The number of carbonyl (C=O) groups is 1. The van der Waals surface area contributed by atoms with Crippen LogP contribution in [0.25, 0.3) is 6.08 Å². The van der Waals surface area contributed by atoms with Crippen LogP contribution in [0.15, 0.2) is 24.3 Å². The summed E-state index contributed by atoms with van der Waals surface area (Å²) in [6.07, 6.45) is 1.97. The second kappa shape index (κ2) is 3.71. The highest BCUT2D eigenvalue weighted by Gasteiger charge is 2.01. The number of rotatable bonds is 2. The summed E-state index contributed by atoms with van der Waals surface area (Å²) in [7, 11) is 0. The van der Waals surface area contributed by atoms with Crippen molar-refractivity contribution in [1.82, 2.24) is 0 Å². The molecule has 0 spiro atoms. The Morgan fingerprint density at radius 3 is 2.77 bits per heavy atom. The van der Waals surface area contributed by atoms with Crippen molar-refractivity contribution in [1.29, 1.82) is 0 Å². The van der Waals surface area contributed by atoms with Crippen LogP contribution in [0.1, 0.15) is 5.56 Å². The van der Waals surface area contributed by atoms with Crippen molar-refractivity contribution in [3.63, 3.8) is 0 Å². The second-order valence-corrected chi connectivity index (χ2v) is 2.41. The average molecular weight is 181 g/mol. The molecule has 68 valence electrons. The van der Waals surface area contributed by atoms with Crippen LogP contribution in [-0.4, -0.2) is 11.1 Å². The molecule has 0 unspecified atom stereocenters. The number of hydrogen-bond donors (Lipinski definition) is 2. The number of hydrogen-bond acceptors (Lipinski definition) is 2. The summed E-state index contributed by atoms with van der Waals surface area (Å²) < 4.78 is 13.0. The fourth-order valence-electron chi connectivity index (χ4n) is 0.884. The fourth-order valence-corrected chi connectivity index (χ4v) is 0.884. The molecule has 0 atom stereocenters. The van der Waals surface area contributed by atoms with E-state index in [-0.39, 0.29) is 11.3 Å². The SMILES string of the molecule is Nc1cccc(F)c1C=CC(=O)O. The number of anilines is 1. The van der Waals surface area contributed by atoms with E-state index in [1.54, 1.807) is 0 Å². The molecule has 4 heteroatoms. The Hall–Kier alpha value is -1.84. The third kappa shape index (κ3) is 2.30. The molecule has 0 aliphatic rings. The van der Waals surface area contributed by atoms with E-state index in [2.05, 4.69) is 0 Å². The van der Waals surface area contributed by atoms with Crippen LogP contribution in [0.3, 0.4) is 0 Å². The Kier molecular flexibility index (Phi) is 2.64. The van der Waals surface area contributed by atoms with Gasteiger partial charge in [-0.1, -0.05) is 6.07 Å². The molecule has 1 rings (SSSR count). The molecule has 0 amide bonds. The Morgan fingerprint density at radius 1 is 1.54 bits per heavy atom. The largest absolute Gasteiger partial charge is 0.478 e. The van der Waals surface area contributed by atoms with E-state index in [1.165, 1.54) is 18.2 Å². The Morgan fingerprint density at radius 2 is 2.23 bits per heavy atom. The van der Waals surface area contributed by atoms with Crippen molar-refractivity contribution in [2.45, 2.75) is 0 Å². The maximum atomic E-state index is 13.0. The molecule has 0 saturated carbocycles. The van der Waals surface area contributed by atoms with E-state index in [4.69, 9.17) is 10.8 Å². The molecular formula is C9H8FNO2. The van der Waals surface area contributed by atoms with Gasteiger partial charge in [0.1, 0.15) is 5.82 Å². The molecule has 1 aromatic carbocycles. The van der Waals surface area contributed by atoms with Crippen molar-refractivity contribution in [2.75, 3.05) is 5.73 Å². The zero-order valence-corrected chi connectivity index (χ0v) is 6.70. The third-order valence-electron chi connectivity index (χ3n) is 1.48. The highest BCUT2D eigenvalue weighted by Crippen LogP contribution is 2.16. The van der Waals surface area contributed by atoms with Crippen molar-refractivity contribution >= 4 is 17.7 Å². The molecule has 0 bridgehead atoms. The van der Waals surface area contributed by atoms with Crippen LogP contribution in [0.4, 0.5) is 10.1 Å². The lowest BCUT2D eigenvalue weighted by molar-refractivity contribution is -0.131. The van der Waals surface area contributed by atoms with Crippen molar-refractivity contribution in [3.05, 3.63) is 35.7 Å². The topological polar surface area (TPSA) is 63.3 Å². The normalized spacial score (nSPS) is 10.5. The molecule has 13 heavy (non-hydrogen) atoms. The number of nitrogens with two attached hydrogens (primary N) is 1. The van der Waals surface area contributed by atoms with Gasteiger partial charge in [-0.3, -0.25) is 0 Å². The summed E-state index contributed by atoms with van der Waals surface area (Å²) in [5.74, 6) is -1.67. The number of halogens is 1. The van der Waals surface area contributed by atoms with Gasteiger partial charge in [-0.05, 0) is 18.2 Å². The molecule has 3 N–H and O–H groups in total. The summed E-state index contributed by atoms with van der Waals surface area (Å²) in [6.45, 7) is 0. The zero-order valence-electron chi connectivity index (χ0n) is 6.70. The molecule has 3 nitrogen and oxygen atoms in total. The van der Waals surface area contributed by atoms with Crippen LogP contribution in [0.5, 0.6) is 0 Å². The highest BCUT2D eigenvalue weighted by atomic mass is 19.1. The molecule has 0 aromatic heterocycles. The fraction of sp³-hybridized carbons (Fsp3) is 0. The van der Waals surface area contributed by atoms with Gasteiger partial charge in [-0.25, -0.2) is 9.18 Å². The van der Waals surface area contributed by atoms with Crippen LogP contribution in [-0.2, 0) is 4.79 Å². The molecule has 1 aromatic rings. The monoisotopic (exact) mass is 181 g/mol. The Bertz CT molecular complexity index is 340. The smallest absolute Gasteiger partial charge is 0.328 e. The van der Waals surface area contributed by atoms with Crippen molar-refractivity contribution < 1.29 is 14.3 Å². The predicted molar refractivity (Wildman–Crippen MR) is 47.5 cm³/mol. The van der Waals surface area contributed by atoms with E-state index < -0.39 is 11.8 Å². The molecule has 0 saturated heterocycles. The minimum absolute atomic E-state index is 0.102. The standard InChI is InChI=1S/C9H8FNO2/c10-7-2-1-3-8(11)6(7)4-5-9(12)13/h1-5H,11H2,(H,12,13). The summed E-state index contributed by atoms with van der Waals surface area (Å²) >= 11 is 0. The van der Waals surface area contributed by atoms with E-state index in [9.17, 15) is 9.18 Å². The van der Waals surface area contributed by atoms with E-state index in [0.29, 0.717) is 0 Å². The average Bonchev–Trinajstić information content (AvgIpc) is 2.03. The Labute approximate surface area is 74.3 Å². The number of benzene rings is 1. The number of carboxylic acid groups (broad SMARTS) is 1. The first kappa shape index (κ1) is 9.25. The van der Waals surface area contributed by atoms with Crippen LogP contribution >= 0.6 is 0 Å². The Balaban J connectivity index is 3.06. The van der Waals surface area contributed by atoms with Gasteiger partial charge in [0.2, 0.25) is 0 Å². The van der Waals surface area contributed by atoms with Gasteiger partial charge >= 0.3 is 5.97 Å². The third-order valence-corrected chi connectivity index (χ3v) is 1.48. The minimum Gasteiger partial charge on any atom is -0.478 e. The van der Waals surface area contributed by atoms with Gasteiger partial charge in [-0.2, -0.15) is 0 Å². The van der Waals surface area contributed by atoms with Crippen molar-refractivity contribution in [3.8, 4) is 0 Å². The molecule has 0 fully saturated rings. The number of carboxylic acids is 1. The molecule has 0 aliphatic heterocycles. The lowest BCUT2D eigenvalue weighted by Gasteiger charge is -1.99. The van der Waals surface area contributed by atoms with Gasteiger partial charge in [0.25, 0.3) is 0 Å². The first-order chi connectivity index (χ1) is 6.11. The lowest BCUT2D eigenvalue weighted by Crippen LogP contribution is -1.93. The van der Waals surface area contributed by atoms with Crippen LogP contribution in [0, 0.1) is 5.82 Å². The number of aliphatic carboxylic acids is 1. The molecule has 0 aliphatic carbocycles. The number of nitrogen functional groups attached to an aromatic ring is 1. The summed E-state index contributed by atoms with van der Waals surface area (Å²) in [4.78, 5) is 10.1. The van der Waals surface area contributed by atoms with Crippen LogP contribution in [0.2, 0.25) is 0 Å². The molecule has 0 radical (unpaired) electrons. The summed E-state index contributed by atoms with van der Waals surface area (Å²) in [6, 6.07) is 4.19. The minimum atomic E-state index is -1.14. The lowest BCUT2D eigenvalue weighted by atomic mass is 10.1. The maximum absolute atomic E-state index is 13.0. The van der Waals surface area contributed by atoms with Crippen LogP contribution < -0.4 is 5.73 Å². The van der Waals surface area contributed by atoms with Crippen molar-refractivity contribution in [2.24, 2.45) is 0 Å². The maximum Gasteiger partial charge on any atom is 0.328 e. The van der Waals surface area contributed by atoms with Gasteiger partial charge in [-0.15, -0.1) is 0 Å². The molecule has 0 heterocycles. The van der Waals surface area contributed by atoms with E-state index in [0.717, 1.165) is 12.2 Å². The van der Waals surface area contributed by atoms with Gasteiger partial charge in [0.05, 0.1) is 0 Å². The summed E-state index contributed by atoms with van der Waals surface area (Å²) in [5.41, 5.74) is 5.75. The van der Waals surface area contributed by atoms with Gasteiger partial charge in [0.15, 0.2) is 0 Å². The first-order valence-electron chi connectivity index (χ1n) is 3.56. The predicted octanol–water partition coefficient (Wildman–Crippen LogP) is 1.51. The first-order valence-corrected chi connectivity index (χ1v) is 3.56. The summed E-state index contributed by atoms with van der Waals surface area (Å²) in [5, 5.41) is 8.31. The molecular weight excluding hydrogens is 173 g/mol. The zero-order chi connectivity index (χ0) is 9.84. The second-order valence-electron chi connectivity index (χ2n) is 2.41.